The van der Waals surface area contributed by atoms with E-state index in [9.17, 15) is 9.59 Å². The molecule has 0 saturated carbocycles. The molecule has 1 amide bonds. The highest BCUT2D eigenvalue weighted by molar-refractivity contribution is 8.14. The van der Waals surface area contributed by atoms with Crippen LogP contribution in [0.4, 0.5) is 4.79 Å². The summed E-state index contributed by atoms with van der Waals surface area (Å²) in [5, 5.41) is 0.0694. The normalized spacial score (nSPS) is 13.3. The van der Waals surface area contributed by atoms with Crippen LogP contribution in [0.3, 0.4) is 0 Å². The van der Waals surface area contributed by atoms with Crippen molar-refractivity contribution < 1.29 is 14.3 Å². The molecule has 1 rings (SSSR count). The molecule has 4 nitrogen and oxygen atoms in total. The molecule has 0 aliphatic heterocycles. The van der Waals surface area contributed by atoms with Gasteiger partial charge in [-0.05, 0) is 23.1 Å². The van der Waals surface area contributed by atoms with Crippen LogP contribution in [0.25, 0.3) is 0 Å². The number of carbonyl (C=O) groups is 2. The summed E-state index contributed by atoms with van der Waals surface area (Å²) in [4.78, 5) is 25.8. The minimum atomic E-state index is -0.350. The smallest absolute Gasteiger partial charge is 0.337 e. The van der Waals surface area contributed by atoms with Gasteiger partial charge >= 0.3 is 5.97 Å². The lowest BCUT2D eigenvalue weighted by atomic mass is 9.71. The lowest BCUT2D eigenvalue weighted by Crippen LogP contribution is -2.42. The van der Waals surface area contributed by atoms with Crippen molar-refractivity contribution in [2.75, 3.05) is 21.2 Å². The highest BCUT2D eigenvalue weighted by Gasteiger charge is 2.41. The number of benzene rings is 1. The number of hydrogen-bond acceptors (Lipinski definition) is 4. The molecule has 0 aromatic heterocycles. The molecule has 5 heteroatoms. The molecule has 1 aromatic carbocycles. The van der Waals surface area contributed by atoms with Gasteiger partial charge in [-0.3, -0.25) is 4.79 Å². The van der Waals surface area contributed by atoms with Crippen molar-refractivity contribution in [2.45, 2.75) is 45.3 Å². The topological polar surface area (TPSA) is 46.6 Å². The molecule has 24 heavy (non-hydrogen) atoms. The van der Waals surface area contributed by atoms with Crippen molar-refractivity contribution in [2.24, 2.45) is 5.41 Å². The van der Waals surface area contributed by atoms with E-state index in [0.29, 0.717) is 5.56 Å². The number of amides is 1. The fraction of sp³-hybridized carbons (Fsp3) is 0.579. The summed E-state index contributed by atoms with van der Waals surface area (Å²) < 4.78 is 4.82. The van der Waals surface area contributed by atoms with Gasteiger partial charge in [0.25, 0.3) is 5.24 Å². The second-order valence-electron chi connectivity index (χ2n) is 7.82. The van der Waals surface area contributed by atoms with Crippen molar-refractivity contribution >= 4 is 23.0 Å². The van der Waals surface area contributed by atoms with Crippen LogP contribution in [-0.4, -0.2) is 42.6 Å². The van der Waals surface area contributed by atoms with E-state index in [4.69, 9.17) is 4.74 Å². The Labute approximate surface area is 149 Å². The van der Waals surface area contributed by atoms with Crippen molar-refractivity contribution in [3.8, 4) is 0 Å². The number of rotatable bonds is 4. The molecule has 0 aliphatic carbocycles. The Morgan fingerprint density at radius 2 is 1.71 bits per heavy atom. The number of ether oxygens (including phenoxy) is 1. The summed E-state index contributed by atoms with van der Waals surface area (Å²) in [6, 6.07) is 7.48. The first-order chi connectivity index (χ1) is 10.9. The summed E-state index contributed by atoms with van der Waals surface area (Å²) in [5.41, 5.74) is 1.14. The molecule has 0 bridgehead atoms. The van der Waals surface area contributed by atoms with Gasteiger partial charge in [0.2, 0.25) is 0 Å². The first-order valence-corrected chi connectivity index (χ1v) is 8.86. The lowest BCUT2D eigenvalue weighted by molar-refractivity contribution is 0.0600. The van der Waals surface area contributed by atoms with E-state index in [1.807, 2.05) is 18.2 Å². The second kappa shape index (κ2) is 7.60. The van der Waals surface area contributed by atoms with Gasteiger partial charge in [-0.1, -0.05) is 58.5 Å². The van der Waals surface area contributed by atoms with E-state index in [1.54, 1.807) is 25.1 Å². The summed E-state index contributed by atoms with van der Waals surface area (Å²) in [6.07, 6.45) is 0. The molecule has 0 aliphatic rings. The molecule has 134 valence electrons. The minimum absolute atomic E-state index is 0.0344. The number of thioether (sulfide) groups is 1. The zero-order chi connectivity index (χ0) is 18.7. The quantitative estimate of drug-likeness (QED) is 0.745. The molecule has 0 fully saturated rings. The van der Waals surface area contributed by atoms with Crippen molar-refractivity contribution in [1.29, 1.82) is 0 Å². The Morgan fingerprint density at radius 1 is 1.12 bits per heavy atom. The van der Waals surface area contributed by atoms with E-state index in [1.165, 1.54) is 18.9 Å². The zero-order valence-electron chi connectivity index (χ0n) is 16.0. The molecule has 0 N–H and O–H groups in total. The van der Waals surface area contributed by atoms with E-state index < -0.39 is 0 Å². The van der Waals surface area contributed by atoms with Crippen molar-refractivity contribution in [3.05, 3.63) is 35.4 Å². The standard InChI is InChI=1S/C19H29NO3S/c1-18(2,3)16(24-17(22)20(6)7)19(4,5)14-11-9-10-13(12-14)15(21)23-8/h9-12,16H,1-8H3. The third kappa shape index (κ3) is 4.76. The molecular formula is C19H29NO3S. The van der Waals surface area contributed by atoms with Gasteiger partial charge in [0.05, 0.1) is 12.7 Å². The molecular weight excluding hydrogens is 322 g/mol. The first-order valence-electron chi connectivity index (χ1n) is 7.98. The molecule has 1 atom stereocenters. The maximum Gasteiger partial charge on any atom is 0.337 e. The van der Waals surface area contributed by atoms with Crippen LogP contribution >= 0.6 is 11.8 Å². The average molecular weight is 352 g/mol. The van der Waals surface area contributed by atoms with Crippen LogP contribution in [0, 0.1) is 5.41 Å². The summed E-state index contributed by atoms with van der Waals surface area (Å²) in [5.74, 6) is -0.350. The van der Waals surface area contributed by atoms with Crippen LogP contribution in [0.1, 0.15) is 50.5 Å². The van der Waals surface area contributed by atoms with Crippen LogP contribution in [0.5, 0.6) is 0 Å². The SMILES string of the molecule is COC(=O)c1cccc(C(C)(C)C(SC(=O)N(C)C)C(C)(C)C)c1. The highest BCUT2D eigenvalue weighted by atomic mass is 32.2. The van der Waals surface area contributed by atoms with Gasteiger partial charge in [-0.15, -0.1) is 0 Å². The van der Waals surface area contributed by atoms with Gasteiger partial charge in [0, 0.05) is 24.8 Å². The number of methoxy groups -OCH3 is 1. The summed E-state index contributed by atoms with van der Waals surface area (Å²) in [6.45, 7) is 10.7. The van der Waals surface area contributed by atoms with Crippen LogP contribution in [-0.2, 0) is 10.2 Å². The molecule has 0 heterocycles. The van der Waals surface area contributed by atoms with Crippen molar-refractivity contribution in [3.63, 3.8) is 0 Å². The predicted octanol–water partition coefficient (Wildman–Crippen LogP) is 4.58. The third-order valence-electron chi connectivity index (χ3n) is 4.05. The Hall–Kier alpha value is -1.49. The molecule has 1 aromatic rings. The lowest BCUT2D eigenvalue weighted by Gasteiger charge is -2.42. The third-order valence-corrected chi connectivity index (χ3v) is 6.15. The van der Waals surface area contributed by atoms with Gasteiger partial charge in [0.15, 0.2) is 0 Å². The maximum atomic E-state index is 12.3. The van der Waals surface area contributed by atoms with E-state index in [-0.39, 0.29) is 27.3 Å². The van der Waals surface area contributed by atoms with Gasteiger partial charge in [-0.25, -0.2) is 4.79 Å². The van der Waals surface area contributed by atoms with E-state index in [0.717, 1.165) is 5.56 Å². The summed E-state index contributed by atoms with van der Waals surface area (Å²) >= 11 is 1.35. The Kier molecular flexibility index (Phi) is 6.51. The Bertz CT molecular complexity index is 603. The zero-order valence-corrected chi connectivity index (χ0v) is 16.8. The first kappa shape index (κ1) is 20.6. The number of nitrogens with zero attached hydrogens (tertiary/aromatic N) is 1. The molecule has 0 spiro atoms. The molecule has 0 radical (unpaired) electrons. The highest BCUT2D eigenvalue weighted by Crippen LogP contribution is 2.45. The number of carbonyl (C=O) groups excluding carboxylic acids is 2. The maximum absolute atomic E-state index is 12.3. The summed E-state index contributed by atoms with van der Waals surface area (Å²) in [7, 11) is 4.91. The Morgan fingerprint density at radius 3 is 2.17 bits per heavy atom. The predicted molar refractivity (Wildman–Crippen MR) is 101 cm³/mol. The average Bonchev–Trinajstić information content (AvgIpc) is 2.50. The number of hydrogen-bond donors (Lipinski definition) is 0. The fourth-order valence-electron chi connectivity index (χ4n) is 2.93. The largest absolute Gasteiger partial charge is 0.465 e. The van der Waals surface area contributed by atoms with Gasteiger partial charge < -0.3 is 9.64 Å². The second-order valence-corrected chi connectivity index (χ2v) is 8.87. The molecule has 1 unspecified atom stereocenters. The molecule has 0 saturated heterocycles. The monoisotopic (exact) mass is 351 g/mol. The van der Waals surface area contributed by atoms with E-state index >= 15 is 0 Å². The van der Waals surface area contributed by atoms with Crippen LogP contribution in [0.2, 0.25) is 0 Å². The van der Waals surface area contributed by atoms with E-state index in [2.05, 4.69) is 34.6 Å². The van der Waals surface area contributed by atoms with Crippen LogP contribution in [0.15, 0.2) is 24.3 Å². The van der Waals surface area contributed by atoms with Crippen molar-refractivity contribution in [1.82, 2.24) is 4.90 Å². The van der Waals surface area contributed by atoms with Gasteiger partial charge in [0.1, 0.15) is 0 Å². The van der Waals surface area contributed by atoms with Crippen LogP contribution < -0.4 is 0 Å². The minimum Gasteiger partial charge on any atom is -0.465 e. The van der Waals surface area contributed by atoms with Gasteiger partial charge in [-0.2, -0.15) is 0 Å². The Balaban J connectivity index is 3.30. The number of esters is 1. The fourth-order valence-corrected chi connectivity index (χ4v) is 4.13.